The highest BCUT2D eigenvalue weighted by atomic mass is 79.9. The number of aromatic nitrogens is 2. The summed E-state index contributed by atoms with van der Waals surface area (Å²) in [5.41, 5.74) is 2.56. The molecule has 1 aromatic carbocycles. The average molecular weight is 366 g/mol. The SMILES string of the molecule is CCOc1ccccc1C(=O)NCCn1nc(C)c(Br)c1C. The van der Waals surface area contributed by atoms with E-state index in [-0.39, 0.29) is 5.91 Å². The molecule has 5 nitrogen and oxygen atoms in total. The minimum absolute atomic E-state index is 0.135. The van der Waals surface area contributed by atoms with Crippen LogP contribution in [-0.4, -0.2) is 28.8 Å². The van der Waals surface area contributed by atoms with Crippen molar-refractivity contribution >= 4 is 21.8 Å². The smallest absolute Gasteiger partial charge is 0.255 e. The summed E-state index contributed by atoms with van der Waals surface area (Å²) in [6.45, 7) is 7.51. The van der Waals surface area contributed by atoms with E-state index in [4.69, 9.17) is 4.74 Å². The van der Waals surface area contributed by atoms with Crippen LogP contribution in [0.15, 0.2) is 28.7 Å². The molecule has 0 fully saturated rings. The number of carbonyl (C=O) groups is 1. The summed E-state index contributed by atoms with van der Waals surface area (Å²) < 4.78 is 8.37. The van der Waals surface area contributed by atoms with Crippen molar-refractivity contribution < 1.29 is 9.53 Å². The number of aryl methyl sites for hydroxylation is 1. The molecule has 1 amide bonds. The Balaban J connectivity index is 1.97. The number of benzene rings is 1. The summed E-state index contributed by atoms with van der Waals surface area (Å²) in [6, 6.07) is 7.25. The van der Waals surface area contributed by atoms with Gasteiger partial charge in [-0.05, 0) is 48.8 Å². The molecule has 0 saturated carbocycles. The Labute approximate surface area is 138 Å². The number of hydrogen-bond acceptors (Lipinski definition) is 3. The number of halogens is 1. The molecule has 1 N–H and O–H groups in total. The summed E-state index contributed by atoms with van der Waals surface area (Å²) in [5, 5.41) is 7.33. The Bertz CT molecular complexity index is 667. The third-order valence-corrected chi connectivity index (χ3v) is 4.48. The van der Waals surface area contributed by atoms with Gasteiger partial charge in [0.05, 0.1) is 28.9 Å². The highest BCUT2D eigenvalue weighted by molar-refractivity contribution is 9.10. The molecule has 22 heavy (non-hydrogen) atoms. The number of nitrogens with one attached hydrogen (secondary N) is 1. The van der Waals surface area contributed by atoms with E-state index < -0.39 is 0 Å². The van der Waals surface area contributed by atoms with Crippen LogP contribution in [0.25, 0.3) is 0 Å². The molecule has 0 bridgehead atoms. The lowest BCUT2D eigenvalue weighted by Gasteiger charge is -2.11. The fraction of sp³-hybridized carbons (Fsp3) is 0.375. The van der Waals surface area contributed by atoms with Crippen molar-refractivity contribution in [2.75, 3.05) is 13.2 Å². The van der Waals surface area contributed by atoms with E-state index >= 15 is 0 Å². The Morgan fingerprint density at radius 2 is 2.09 bits per heavy atom. The third kappa shape index (κ3) is 3.68. The van der Waals surface area contributed by atoms with Gasteiger partial charge in [-0.3, -0.25) is 9.48 Å². The first kappa shape index (κ1) is 16.5. The van der Waals surface area contributed by atoms with Crippen LogP contribution in [0, 0.1) is 13.8 Å². The highest BCUT2D eigenvalue weighted by Gasteiger charge is 2.12. The van der Waals surface area contributed by atoms with Crippen molar-refractivity contribution in [2.45, 2.75) is 27.3 Å². The van der Waals surface area contributed by atoms with Crippen LogP contribution in [0.1, 0.15) is 28.7 Å². The first-order valence-corrected chi connectivity index (χ1v) is 8.03. The van der Waals surface area contributed by atoms with Crippen molar-refractivity contribution in [1.82, 2.24) is 15.1 Å². The van der Waals surface area contributed by atoms with Crippen LogP contribution in [0.2, 0.25) is 0 Å². The molecular weight excluding hydrogens is 346 g/mol. The number of hydrogen-bond donors (Lipinski definition) is 1. The number of amides is 1. The Kier molecular flexibility index (Phi) is 5.60. The van der Waals surface area contributed by atoms with Crippen molar-refractivity contribution in [1.29, 1.82) is 0 Å². The first-order chi connectivity index (χ1) is 10.5. The van der Waals surface area contributed by atoms with Crippen LogP contribution >= 0.6 is 15.9 Å². The maximum absolute atomic E-state index is 12.3. The maximum atomic E-state index is 12.3. The van der Waals surface area contributed by atoms with Crippen LogP contribution in [0.4, 0.5) is 0 Å². The minimum atomic E-state index is -0.135. The van der Waals surface area contributed by atoms with Gasteiger partial charge in [0.25, 0.3) is 5.91 Å². The highest BCUT2D eigenvalue weighted by Crippen LogP contribution is 2.20. The number of nitrogens with zero attached hydrogens (tertiary/aromatic N) is 2. The van der Waals surface area contributed by atoms with E-state index in [2.05, 4.69) is 26.3 Å². The molecule has 0 aliphatic rings. The maximum Gasteiger partial charge on any atom is 0.255 e. The van der Waals surface area contributed by atoms with Crippen molar-refractivity contribution in [3.8, 4) is 5.75 Å². The number of para-hydroxylation sites is 1. The molecule has 0 radical (unpaired) electrons. The molecule has 1 aromatic heterocycles. The lowest BCUT2D eigenvalue weighted by molar-refractivity contribution is 0.0948. The molecule has 1 heterocycles. The van der Waals surface area contributed by atoms with Gasteiger partial charge < -0.3 is 10.1 Å². The summed E-state index contributed by atoms with van der Waals surface area (Å²) in [6.07, 6.45) is 0. The predicted molar refractivity (Wildman–Crippen MR) is 89.3 cm³/mol. The van der Waals surface area contributed by atoms with Gasteiger partial charge >= 0.3 is 0 Å². The molecule has 0 unspecified atom stereocenters. The molecule has 0 saturated heterocycles. The number of carbonyl (C=O) groups excluding carboxylic acids is 1. The Morgan fingerprint density at radius 1 is 1.36 bits per heavy atom. The van der Waals surface area contributed by atoms with E-state index in [0.29, 0.717) is 31.0 Å². The van der Waals surface area contributed by atoms with Crippen LogP contribution in [-0.2, 0) is 6.54 Å². The Hall–Kier alpha value is -1.82. The molecule has 118 valence electrons. The summed E-state index contributed by atoms with van der Waals surface area (Å²) in [5.74, 6) is 0.473. The summed E-state index contributed by atoms with van der Waals surface area (Å²) >= 11 is 3.50. The van der Waals surface area contributed by atoms with Crippen LogP contribution < -0.4 is 10.1 Å². The van der Waals surface area contributed by atoms with E-state index in [1.54, 1.807) is 12.1 Å². The van der Waals surface area contributed by atoms with Crippen LogP contribution in [0.3, 0.4) is 0 Å². The lowest BCUT2D eigenvalue weighted by atomic mass is 10.2. The molecule has 0 aliphatic carbocycles. The summed E-state index contributed by atoms with van der Waals surface area (Å²) in [4.78, 5) is 12.3. The second-order valence-electron chi connectivity index (χ2n) is 4.89. The van der Waals surface area contributed by atoms with Crippen molar-refractivity contribution in [3.05, 3.63) is 45.7 Å². The van der Waals surface area contributed by atoms with E-state index in [1.165, 1.54) is 0 Å². The van der Waals surface area contributed by atoms with E-state index in [0.717, 1.165) is 15.9 Å². The third-order valence-electron chi connectivity index (χ3n) is 3.33. The van der Waals surface area contributed by atoms with Gasteiger partial charge in [0.15, 0.2) is 0 Å². The molecule has 2 rings (SSSR count). The molecule has 0 atom stereocenters. The minimum Gasteiger partial charge on any atom is -0.493 e. The van der Waals surface area contributed by atoms with Gasteiger partial charge in [-0.15, -0.1) is 0 Å². The van der Waals surface area contributed by atoms with Gasteiger partial charge in [-0.2, -0.15) is 5.10 Å². The zero-order chi connectivity index (χ0) is 16.1. The first-order valence-electron chi connectivity index (χ1n) is 7.24. The van der Waals surface area contributed by atoms with Gasteiger partial charge in [0, 0.05) is 12.2 Å². The predicted octanol–water partition coefficient (Wildman–Crippen LogP) is 3.09. The topological polar surface area (TPSA) is 56.1 Å². The number of rotatable bonds is 6. The molecule has 0 aliphatic heterocycles. The van der Waals surface area contributed by atoms with Gasteiger partial charge in [0.1, 0.15) is 5.75 Å². The zero-order valence-corrected chi connectivity index (χ0v) is 14.6. The fourth-order valence-corrected chi connectivity index (χ4v) is 2.48. The quantitative estimate of drug-likeness (QED) is 0.855. The zero-order valence-electron chi connectivity index (χ0n) is 13.0. The molecular formula is C16H20BrN3O2. The number of ether oxygens (including phenoxy) is 1. The fourth-order valence-electron chi connectivity index (χ4n) is 2.20. The van der Waals surface area contributed by atoms with Crippen LogP contribution in [0.5, 0.6) is 5.75 Å². The summed E-state index contributed by atoms with van der Waals surface area (Å²) in [7, 11) is 0. The lowest BCUT2D eigenvalue weighted by Crippen LogP contribution is -2.28. The Morgan fingerprint density at radius 3 is 2.73 bits per heavy atom. The standard InChI is InChI=1S/C16H20BrN3O2/c1-4-22-14-8-6-5-7-13(14)16(21)18-9-10-20-12(3)15(17)11(2)19-20/h5-8H,4,9-10H2,1-3H3,(H,18,21). The van der Waals surface area contributed by atoms with Crippen molar-refractivity contribution in [3.63, 3.8) is 0 Å². The van der Waals surface area contributed by atoms with E-state index in [9.17, 15) is 4.79 Å². The monoisotopic (exact) mass is 365 g/mol. The molecule has 2 aromatic rings. The van der Waals surface area contributed by atoms with Gasteiger partial charge in [-0.1, -0.05) is 12.1 Å². The van der Waals surface area contributed by atoms with Gasteiger partial charge in [-0.25, -0.2) is 0 Å². The molecule has 0 spiro atoms. The second-order valence-corrected chi connectivity index (χ2v) is 5.69. The van der Waals surface area contributed by atoms with E-state index in [1.807, 2.05) is 37.6 Å². The average Bonchev–Trinajstić information content (AvgIpc) is 2.75. The van der Waals surface area contributed by atoms with Gasteiger partial charge in [0.2, 0.25) is 0 Å². The molecule has 6 heteroatoms. The van der Waals surface area contributed by atoms with Crippen molar-refractivity contribution in [2.24, 2.45) is 0 Å². The second kappa shape index (κ2) is 7.45. The normalized spacial score (nSPS) is 10.5. The largest absolute Gasteiger partial charge is 0.493 e.